The van der Waals surface area contributed by atoms with Gasteiger partial charge in [-0.1, -0.05) is 148 Å². The lowest BCUT2D eigenvalue weighted by Gasteiger charge is -2.28. The lowest BCUT2D eigenvalue weighted by atomic mass is 9.77. The molecule has 0 fully saturated rings. The van der Waals surface area contributed by atoms with Gasteiger partial charge in [-0.25, -0.2) is 0 Å². The Hall–Kier alpha value is -0.520. The Bertz CT molecular complexity index is 418. The second-order valence-electron chi connectivity index (χ2n) is 10.7. The minimum atomic E-state index is 0.811. The van der Waals surface area contributed by atoms with Crippen LogP contribution in [-0.4, -0.2) is 0 Å². The average molecular weight is 447 g/mol. The van der Waals surface area contributed by atoms with E-state index in [0.29, 0.717) is 0 Å². The molecule has 0 nitrogen and oxygen atoms in total. The summed E-state index contributed by atoms with van der Waals surface area (Å²) in [4.78, 5) is 0. The number of unbranched alkanes of at least 4 members (excludes halogenated alkanes) is 13. The average Bonchev–Trinajstić information content (AvgIpc) is 2.79. The minimum absolute atomic E-state index is 0.811. The fraction of sp³-hybridized carbons (Fsp3) is 0.875. The van der Waals surface area contributed by atoms with E-state index in [-0.39, 0.29) is 0 Å². The van der Waals surface area contributed by atoms with Gasteiger partial charge >= 0.3 is 0 Å². The molecule has 0 bridgehead atoms. The van der Waals surface area contributed by atoms with Gasteiger partial charge in [0.25, 0.3) is 0 Å². The molecule has 0 saturated carbocycles. The molecule has 0 amide bonds. The Morgan fingerprint density at radius 1 is 0.469 bits per heavy atom. The van der Waals surface area contributed by atoms with Crippen molar-refractivity contribution in [2.45, 2.75) is 169 Å². The summed E-state index contributed by atoms with van der Waals surface area (Å²) in [5.74, 6) is 1.64. The van der Waals surface area contributed by atoms with E-state index in [1.54, 1.807) is 0 Å². The molecule has 0 radical (unpaired) electrons. The summed E-state index contributed by atoms with van der Waals surface area (Å²) in [5.41, 5.74) is 3.05. The molecule has 0 N–H and O–H groups in total. The van der Waals surface area contributed by atoms with Gasteiger partial charge in [-0.3, -0.25) is 0 Å². The lowest BCUT2D eigenvalue weighted by molar-refractivity contribution is 0.285. The molecule has 0 saturated heterocycles. The van der Waals surface area contributed by atoms with Crippen molar-refractivity contribution in [2.24, 2.45) is 11.8 Å². The zero-order valence-electron chi connectivity index (χ0n) is 23.1. The fourth-order valence-electron chi connectivity index (χ4n) is 5.24. The quantitative estimate of drug-likeness (QED) is 0.0965. The third-order valence-corrected chi connectivity index (χ3v) is 7.49. The van der Waals surface area contributed by atoms with Crippen LogP contribution in [0.4, 0.5) is 0 Å². The van der Waals surface area contributed by atoms with E-state index in [0.717, 1.165) is 11.8 Å². The standard InChI is InChI=1S/C32H62/c1-7-11-14-17-18-20-22-25-30(6)28-32(26-23-19-15-12-8-2)31(10-4)27-29(5)24-21-16-13-9-3/h31-32H,5-28H2,1-4H3. The van der Waals surface area contributed by atoms with Gasteiger partial charge < -0.3 is 0 Å². The van der Waals surface area contributed by atoms with E-state index in [1.807, 2.05) is 0 Å². The Kier molecular flexibility index (Phi) is 23.2. The summed E-state index contributed by atoms with van der Waals surface area (Å²) in [7, 11) is 0. The first-order valence-corrected chi connectivity index (χ1v) is 14.9. The molecule has 32 heavy (non-hydrogen) atoms. The van der Waals surface area contributed by atoms with Gasteiger partial charge in [-0.15, -0.1) is 0 Å². The summed E-state index contributed by atoms with van der Waals surface area (Å²) in [5, 5.41) is 0. The van der Waals surface area contributed by atoms with Crippen molar-refractivity contribution in [2.75, 3.05) is 0 Å². The molecule has 0 rings (SSSR count). The van der Waals surface area contributed by atoms with Crippen LogP contribution in [-0.2, 0) is 0 Å². The molecule has 0 spiro atoms. The number of allylic oxidation sites excluding steroid dienone is 2. The maximum Gasteiger partial charge on any atom is -0.0292 e. The van der Waals surface area contributed by atoms with Crippen LogP contribution in [0.3, 0.4) is 0 Å². The molecule has 0 heterocycles. The van der Waals surface area contributed by atoms with Crippen LogP contribution in [0, 0.1) is 11.8 Å². The maximum absolute atomic E-state index is 4.54. The van der Waals surface area contributed by atoms with Crippen molar-refractivity contribution >= 4 is 0 Å². The highest BCUT2D eigenvalue weighted by Gasteiger charge is 2.21. The van der Waals surface area contributed by atoms with Crippen molar-refractivity contribution in [3.63, 3.8) is 0 Å². The van der Waals surface area contributed by atoms with Crippen LogP contribution < -0.4 is 0 Å². The Labute approximate surface area is 205 Å². The number of rotatable bonds is 25. The fourth-order valence-corrected chi connectivity index (χ4v) is 5.24. The van der Waals surface area contributed by atoms with Crippen LogP contribution in [0.15, 0.2) is 24.3 Å². The zero-order chi connectivity index (χ0) is 23.9. The number of hydrogen-bond acceptors (Lipinski definition) is 0. The van der Waals surface area contributed by atoms with Crippen LogP contribution in [0.25, 0.3) is 0 Å². The second-order valence-corrected chi connectivity index (χ2v) is 10.7. The number of hydrogen-bond donors (Lipinski definition) is 0. The first-order chi connectivity index (χ1) is 15.6. The van der Waals surface area contributed by atoms with Crippen molar-refractivity contribution < 1.29 is 0 Å². The van der Waals surface area contributed by atoms with Gasteiger partial charge in [-0.2, -0.15) is 0 Å². The molecule has 0 aliphatic heterocycles. The first kappa shape index (κ1) is 31.5. The van der Waals surface area contributed by atoms with Gasteiger partial charge in [0.15, 0.2) is 0 Å². The summed E-state index contributed by atoms with van der Waals surface area (Å²) in [6, 6.07) is 0. The Morgan fingerprint density at radius 2 is 0.844 bits per heavy atom. The van der Waals surface area contributed by atoms with Crippen LogP contribution in [0.5, 0.6) is 0 Å². The van der Waals surface area contributed by atoms with Gasteiger partial charge in [0, 0.05) is 0 Å². The third-order valence-electron chi connectivity index (χ3n) is 7.49. The molecule has 2 atom stereocenters. The van der Waals surface area contributed by atoms with Crippen LogP contribution in [0.1, 0.15) is 169 Å². The van der Waals surface area contributed by atoms with Crippen LogP contribution in [0.2, 0.25) is 0 Å². The molecule has 0 aromatic rings. The molecular weight excluding hydrogens is 384 g/mol. The molecule has 2 unspecified atom stereocenters. The predicted molar refractivity (Wildman–Crippen MR) is 150 cm³/mol. The van der Waals surface area contributed by atoms with Gasteiger partial charge in [-0.05, 0) is 56.8 Å². The van der Waals surface area contributed by atoms with E-state index < -0.39 is 0 Å². The van der Waals surface area contributed by atoms with Crippen molar-refractivity contribution in [3.8, 4) is 0 Å². The van der Waals surface area contributed by atoms with Gasteiger partial charge in [0.1, 0.15) is 0 Å². The topological polar surface area (TPSA) is 0 Å². The monoisotopic (exact) mass is 446 g/mol. The summed E-state index contributed by atoms with van der Waals surface area (Å²) in [6.07, 6.45) is 30.0. The van der Waals surface area contributed by atoms with E-state index in [4.69, 9.17) is 0 Å². The van der Waals surface area contributed by atoms with Crippen molar-refractivity contribution in [1.29, 1.82) is 0 Å². The van der Waals surface area contributed by atoms with Crippen LogP contribution >= 0.6 is 0 Å². The summed E-state index contributed by atoms with van der Waals surface area (Å²) < 4.78 is 0. The molecule has 0 aliphatic carbocycles. The molecular formula is C32H62. The maximum atomic E-state index is 4.54. The first-order valence-electron chi connectivity index (χ1n) is 14.9. The smallest absolute Gasteiger partial charge is 0.0292 e. The predicted octanol–water partition coefficient (Wildman–Crippen LogP) is 12.0. The molecule has 0 aromatic carbocycles. The highest BCUT2D eigenvalue weighted by atomic mass is 14.3. The Morgan fingerprint density at radius 3 is 1.31 bits per heavy atom. The van der Waals surface area contributed by atoms with E-state index in [1.165, 1.54) is 152 Å². The molecule has 0 heteroatoms. The minimum Gasteiger partial charge on any atom is -0.0999 e. The van der Waals surface area contributed by atoms with Gasteiger partial charge in [0.05, 0.1) is 0 Å². The van der Waals surface area contributed by atoms with Crippen molar-refractivity contribution in [1.82, 2.24) is 0 Å². The van der Waals surface area contributed by atoms with E-state index in [2.05, 4.69) is 40.9 Å². The van der Waals surface area contributed by atoms with Crippen molar-refractivity contribution in [3.05, 3.63) is 24.3 Å². The lowest BCUT2D eigenvalue weighted by Crippen LogP contribution is -2.16. The highest BCUT2D eigenvalue weighted by Crippen LogP contribution is 2.34. The Balaban J connectivity index is 4.53. The van der Waals surface area contributed by atoms with Gasteiger partial charge in [0.2, 0.25) is 0 Å². The SMILES string of the molecule is C=C(CCCCCC)CC(CC)C(CCCCCCC)CC(=C)CCCCCCCCC. The molecule has 0 aromatic heterocycles. The molecule has 190 valence electrons. The molecule has 0 aliphatic rings. The summed E-state index contributed by atoms with van der Waals surface area (Å²) >= 11 is 0. The largest absolute Gasteiger partial charge is 0.0999 e. The van der Waals surface area contributed by atoms with E-state index in [9.17, 15) is 0 Å². The second kappa shape index (κ2) is 23.6. The third kappa shape index (κ3) is 19.0. The zero-order valence-corrected chi connectivity index (χ0v) is 23.1. The van der Waals surface area contributed by atoms with E-state index >= 15 is 0 Å². The normalized spacial score (nSPS) is 13.2. The highest BCUT2D eigenvalue weighted by molar-refractivity contribution is 5.01. The summed E-state index contributed by atoms with van der Waals surface area (Å²) in [6.45, 7) is 18.4.